The van der Waals surface area contributed by atoms with Gasteiger partial charge in [-0.05, 0) is 43.7 Å². The number of carbonyl (C=O) groups is 1. The Balaban J connectivity index is 1.92. The van der Waals surface area contributed by atoms with Crippen LogP contribution in [0.1, 0.15) is 42.5 Å². The van der Waals surface area contributed by atoms with E-state index in [9.17, 15) is 13.6 Å². The summed E-state index contributed by atoms with van der Waals surface area (Å²) in [6.45, 7) is 0.621. The van der Waals surface area contributed by atoms with E-state index in [4.69, 9.17) is 5.73 Å². The fourth-order valence-corrected chi connectivity index (χ4v) is 3.63. The Morgan fingerprint density at radius 3 is 2.75 bits per heavy atom. The van der Waals surface area contributed by atoms with Crippen LogP contribution in [0.3, 0.4) is 0 Å². The second-order valence-corrected chi connectivity index (χ2v) is 5.76. The Bertz CT molecular complexity index is 547. The van der Waals surface area contributed by atoms with Crippen LogP contribution < -0.4 is 5.73 Å². The van der Waals surface area contributed by atoms with Crippen LogP contribution in [-0.4, -0.2) is 23.4 Å². The molecular weight excluding hydrogens is 262 g/mol. The van der Waals surface area contributed by atoms with Gasteiger partial charge in [0.2, 0.25) is 0 Å². The highest BCUT2D eigenvalue weighted by molar-refractivity contribution is 5.95. The summed E-state index contributed by atoms with van der Waals surface area (Å²) in [7, 11) is 0. The van der Waals surface area contributed by atoms with Crippen molar-refractivity contribution < 1.29 is 13.6 Å². The zero-order valence-electron chi connectivity index (χ0n) is 11.2. The minimum absolute atomic E-state index is 0.181. The lowest BCUT2D eigenvalue weighted by Gasteiger charge is -2.38. The maximum Gasteiger partial charge on any atom is 0.257 e. The number of likely N-dealkylation sites (tertiary alicyclic amines) is 1. The summed E-state index contributed by atoms with van der Waals surface area (Å²) in [6, 6.07) is 2.04. The number of carbonyl (C=O) groups excluding carboxylic acids is 1. The molecule has 1 aliphatic carbocycles. The van der Waals surface area contributed by atoms with Gasteiger partial charge in [0, 0.05) is 12.6 Å². The Hall–Kier alpha value is -1.65. The zero-order valence-corrected chi connectivity index (χ0v) is 11.2. The molecule has 2 atom stereocenters. The molecule has 1 saturated carbocycles. The van der Waals surface area contributed by atoms with E-state index in [0.717, 1.165) is 44.2 Å². The molecule has 1 aromatic rings. The Labute approximate surface area is 116 Å². The molecule has 3 rings (SSSR count). The molecule has 1 saturated heterocycles. The number of halogens is 2. The van der Waals surface area contributed by atoms with E-state index in [0.29, 0.717) is 12.5 Å². The Morgan fingerprint density at radius 2 is 1.95 bits per heavy atom. The molecule has 5 heteroatoms. The normalized spacial score (nSPS) is 25.6. The summed E-state index contributed by atoms with van der Waals surface area (Å²) >= 11 is 0. The number of nitrogens with zero attached hydrogens (tertiary/aromatic N) is 1. The summed E-state index contributed by atoms with van der Waals surface area (Å²) in [5.74, 6) is -1.39. The first-order chi connectivity index (χ1) is 9.58. The highest BCUT2D eigenvalue weighted by Crippen LogP contribution is 2.37. The maximum absolute atomic E-state index is 14.0. The summed E-state index contributed by atoms with van der Waals surface area (Å²) in [4.78, 5) is 14.3. The third-order valence-corrected chi connectivity index (χ3v) is 4.55. The van der Waals surface area contributed by atoms with Gasteiger partial charge in [-0.3, -0.25) is 4.79 Å². The maximum atomic E-state index is 14.0. The van der Waals surface area contributed by atoms with Crippen molar-refractivity contribution in [2.24, 2.45) is 5.92 Å². The predicted molar refractivity (Wildman–Crippen MR) is 72.2 cm³/mol. The third-order valence-electron chi connectivity index (χ3n) is 4.55. The second-order valence-electron chi connectivity index (χ2n) is 5.76. The average molecular weight is 280 g/mol. The quantitative estimate of drug-likeness (QED) is 0.804. The first-order valence-electron chi connectivity index (χ1n) is 7.13. The lowest BCUT2D eigenvalue weighted by atomic mass is 9.91. The molecule has 1 aromatic carbocycles. The van der Waals surface area contributed by atoms with Crippen molar-refractivity contribution in [3.05, 3.63) is 29.3 Å². The fourth-order valence-electron chi connectivity index (χ4n) is 3.63. The molecule has 1 heterocycles. The van der Waals surface area contributed by atoms with Crippen LogP contribution in [0.2, 0.25) is 0 Å². The highest BCUT2D eigenvalue weighted by Gasteiger charge is 2.38. The van der Waals surface area contributed by atoms with Crippen molar-refractivity contribution in [2.75, 3.05) is 12.3 Å². The molecule has 0 bridgehead atoms. The van der Waals surface area contributed by atoms with Gasteiger partial charge in [-0.25, -0.2) is 8.78 Å². The van der Waals surface area contributed by atoms with Crippen LogP contribution >= 0.6 is 0 Å². The molecule has 2 aliphatic rings. The van der Waals surface area contributed by atoms with Crippen molar-refractivity contribution >= 4 is 11.6 Å². The van der Waals surface area contributed by atoms with E-state index < -0.39 is 17.5 Å². The van der Waals surface area contributed by atoms with E-state index in [1.807, 2.05) is 0 Å². The number of nitrogens with two attached hydrogens (primary N) is 1. The van der Waals surface area contributed by atoms with Gasteiger partial charge in [0.1, 0.15) is 5.82 Å². The third kappa shape index (κ3) is 2.15. The van der Waals surface area contributed by atoms with Crippen LogP contribution in [0.5, 0.6) is 0 Å². The minimum atomic E-state index is -0.809. The summed E-state index contributed by atoms with van der Waals surface area (Å²) in [6.07, 6.45) is 5.25. The van der Waals surface area contributed by atoms with Crippen molar-refractivity contribution in [3.63, 3.8) is 0 Å². The average Bonchev–Trinajstić information content (AvgIpc) is 2.90. The summed E-state index contributed by atoms with van der Waals surface area (Å²) in [5, 5.41) is 0. The van der Waals surface area contributed by atoms with E-state index in [1.54, 1.807) is 4.90 Å². The molecule has 0 aromatic heterocycles. The first kappa shape index (κ1) is 13.3. The minimum Gasteiger partial charge on any atom is -0.396 e. The van der Waals surface area contributed by atoms with Crippen molar-refractivity contribution in [2.45, 2.75) is 38.1 Å². The largest absolute Gasteiger partial charge is 0.396 e. The van der Waals surface area contributed by atoms with E-state index in [1.165, 1.54) is 0 Å². The van der Waals surface area contributed by atoms with E-state index >= 15 is 0 Å². The SMILES string of the molecule is Nc1cc(F)cc(C(=O)N2CCCC3CCCC32)c1F. The van der Waals surface area contributed by atoms with Crippen molar-refractivity contribution in [3.8, 4) is 0 Å². The zero-order chi connectivity index (χ0) is 14.3. The number of rotatable bonds is 1. The van der Waals surface area contributed by atoms with Gasteiger partial charge in [-0.15, -0.1) is 0 Å². The molecule has 0 spiro atoms. The standard InChI is InChI=1S/C15H18F2N2O/c16-10-7-11(14(17)12(18)8-10)15(20)19-6-2-4-9-3-1-5-13(9)19/h7-9,13H,1-6,18H2. The molecule has 2 fully saturated rings. The topological polar surface area (TPSA) is 46.3 Å². The van der Waals surface area contributed by atoms with Crippen molar-refractivity contribution in [1.82, 2.24) is 4.90 Å². The monoisotopic (exact) mass is 280 g/mol. The lowest BCUT2D eigenvalue weighted by Crippen LogP contribution is -2.46. The number of piperidine rings is 1. The van der Waals surface area contributed by atoms with Gasteiger partial charge in [-0.1, -0.05) is 6.42 Å². The van der Waals surface area contributed by atoms with Crippen LogP contribution in [-0.2, 0) is 0 Å². The van der Waals surface area contributed by atoms with Gasteiger partial charge < -0.3 is 10.6 Å². The first-order valence-corrected chi connectivity index (χ1v) is 7.13. The van der Waals surface area contributed by atoms with Gasteiger partial charge in [0.15, 0.2) is 5.82 Å². The molecule has 1 aliphatic heterocycles. The number of fused-ring (bicyclic) bond motifs is 1. The summed E-state index contributed by atoms with van der Waals surface area (Å²) in [5.41, 5.74) is 4.86. The van der Waals surface area contributed by atoms with Gasteiger partial charge in [0.05, 0.1) is 11.3 Å². The van der Waals surface area contributed by atoms with Crippen LogP contribution in [0.15, 0.2) is 12.1 Å². The molecule has 20 heavy (non-hydrogen) atoms. The smallest absolute Gasteiger partial charge is 0.257 e. The Morgan fingerprint density at radius 1 is 1.20 bits per heavy atom. The van der Waals surface area contributed by atoms with Crippen LogP contribution in [0.25, 0.3) is 0 Å². The van der Waals surface area contributed by atoms with Gasteiger partial charge in [0.25, 0.3) is 5.91 Å². The highest BCUT2D eigenvalue weighted by atomic mass is 19.1. The van der Waals surface area contributed by atoms with Crippen LogP contribution in [0, 0.1) is 17.6 Å². The molecule has 0 radical (unpaired) electrons. The Kier molecular flexibility index (Phi) is 3.36. The van der Waals surface area contributed by atoms with E-state index in [-0.39, 0.29) is 17.3 Å². The molecule has 1 amide bonds. The number of hydrogen-bond donors (Lipinski definition) is 1. The molecule has 2 unspecified atom stereocenters. The molecule has 108 valence electrons. The number of amides is 1. The van der Waals surface area contributed by atoms with Gasteiger partial charge in [-0.2, -0.15) is 0 Å². The van der Waals surface area contributed by atoms with Gasteiger partial charge >= 0.3 is 0 Å². The molecule has 2 N–H and O–H groups in total. The van der Waals surface area contributed by atoms with Crippen molar-refractivity contribution in [1.29, 1.82) is 0 Å². The predicted octanol–water partition coefficient (Wildman–Crippen LogP) is 2.95. The molecular formula is C15H18F2N2O. The lowest BCUT2D eigenvalue weighted by molar-refractivity contribution is 0.0543. The van der Waals surface area contributed by atoms with Crippen LogP contribution in [0.4, 0.5) is 14.5 Å². The fraction of sp³-hybridized carbons (Fsp3) is 0.533. The number of anilines is 1. The number of benzene rings is 1. The summed E-state index contributed by atoms with van der Waals surface area (Å²) < 4.78 is 27.4. The second kappa shape index (κ2) is 5.04. The number of hydrogen-bond acceptors (Lipinski definition) is 2. The number of nitrogen functional groups attached to an aromatic ring is 1. The van der Waals surface area contributed by atoms with E-state index in [2.05, 4.69) is 0 Å². The molecule has 3 nitrogen and oxygen atoms in total.